The van der Waals surface area contributed by atoms with E-state index in [1.807, 2.05) is 59.5 Å². The number of furan rings is 1. The predicted octanol–water partition coefficient (Wildman–Crippen LogP) is 3.90. The molecule has 1 aliphatic rings. The molecule has 0 saturated carbocycles. The first-order valence-corrected chi connectivity index (χ1v) is 9.91. The van der Waals surface area contributed by atoms with Crippen LogP contribution in [0.4, 0.5) is 5.69 Å². The van der Waals surface area contributed by atoms with Crippen molar-refractivity contribution in [2.75, 3.05) is 18.0 Å². The van der Waals surface area contributed by atoms with Gasteiger partial charge < -0.3 is 14.2 Å². The van der Waals surface area contributed by atoms with E-state index in [-0.39, 0.29) is 24.2 Å². The third-order valence-corrected chi connectivity index (χ3v) is 5.29. The number of benzene rings is 2. The van der Waals surface area contributed by atoms with E-state index in [9.17, 15) is 9.59 Å². The number of hydrogen-bond acceptors (Lipinski definition) is 3. The van der Waals surface area contributed by atoms with Gasteiger partial charge in [-0.25, -0.2) is 0 Å². The van der Waals surface area contributed by atoms with Gasteiger partial charge in [-0.1, -0.05) is 48.5 Å². The molecule has 148 valence electrons. The first-order chi connectivity index (χ1) is 14.2. The van der Waals surface area contributed by atoms with Gasteiger partial charge in [0.25, 0.3) is 0 Å². The molecule has 1 fully saturated rings. The van der Waals surface area contributed by atoms with Crippen LogP contribution in [0, 0.1) is 5.92 Å². The fourth-order valence-corrected chi connectivity index (χ4v) is 3.76. The molecule has 0 aliphatic carbocycles. The number of anilines is 1. The van der Waals surface area contributed by atoms with Crippen molar-refractivity contribution in [1.82, 2.24) is 4.90 Å². The van der Waals surface area contributed by atoms with Crippen LogP contribution in [0.25, 0.3) is 0 Å². The van der Waals surface area contributed by atoms with Gasteiger partial charge in [0.2, 0.25) is 11.8 Å². The molecule has 2 heterocycles. The Balaban J connectivity index is 1.48. The molecule has 3 aromatic rings. The van der Waals surface area contributed by atoms with Gasteiger partial charge in [0.05, 0.1) is 18.7 Å². The van der Waals surface area contributed by atoms with Crippen molar-refractivity contribution in [3.63, 3.8) is 0 Å². The quantitative estimate of drug-likeness (QED) is 0.617. The lowest BCUT2D eigenvalue weighted by Gasteiger charge is -2.26. The molecule has 1 saturated heterocycles. The van der Waals surface area contributed by atoms with Crippen LogP contribution in [0.1, 0.15) is 17.7 Å². The van der Waals surface area contributed by atoms with Crippen LogP contribution in [0.3, 0.4) is 0 Å². The molecule has 29 heavy (non-hydrogen) atoms. The van der Waals surface area contributed by atoms with Crippen LogP contribution in [-0.2, 0) is 22.6 Å². The molecular formula is C24H24N2O3. The average molecular weight is 388 g/mol. The van der Waals surface area contributed by atoms with Crippen molar-refractivity contribution in [1.29, 1.82) is 0 Å². The van der Waals surface area contributed by atoms with E-state index in [2.05, 4.69) is 12.1 Å². The van der Waals surface area contributed by atoms with Crippen LogP contribution in [-0.4, -0.2) is 29.8 Å². The Kier molecular flexibility index (Phi) is 5.75. The van der Waals surface area contributed by atoms with Crippen molar-refractivity contribution in [2.45, 2.75) is 19.4 Å². The lowest BCUT2D eigenvalue weighted by molar-refractivity contribution is -0.129. The molecule has 0 spiro atoms. The number of carbonyl (C=O) groups is 2. The monoisotopic (exact) mass is 388 g/mol. The highest BCUT2D eigenvalue weighted by Gasteiger charge is 2.37. The molecule has 0 N–H and O–H groups in total. The number of hydrogen-bond donors (Lipinski definition) is 0. The number of nitrogens with zero attached hydrogens (tertiary/aromatic N) is 2. The summed E-state index contributed by atoms with van der Waals surface area (Å²) in [6.45, 7) is 1.41. The normalized spacial score (nSPS) is 16.2. The molecule has 5 nitrogen and oxygen atoms in total. The molecule has 5 heteroatoms. The Hall–Kier alpha value is -3.34. The van der Waals surface area contributed by atoms with E-state index < -0.39 is 0 Å². The Labute approximate surface area is 170 Å². The van der Waals surface area contributed by atoms with Crippen LogP contribution < -0.4 is 4.90 Å². The molecule has 4 rings (SSSR count). The van der Waals surface area contributed by atoms with Gasteiger partial charge in [-0.15, -0.1) is 0 Å². The third kappa shape index (κ3) is 4.57. The van der Waals surface area contributed by atoms with Crippen molar-refractivity contribution in [3.05, 3.63) is 90.4 Å². The number of rotatable bonds is 7. The van der Waals surface area contributed by atoms with E-state index >= 15 is 0 Å². The maximum Gasteiger partial charge on any atom is 0.232 e. The van der Waals surface area contributed by atoms with Gasteiger partial charge in [0, 0.05) is 25.2 Å². The van der Waals surface area contributed by atoms with Crippen LogP contribution in [0.15, 0.2) is 83.5 Å². The van der Waals surface area contributed by atoms with Gasteiger partial charge in [0.15, 0.2) is 0 Å². The van der Waals surface area contributed by atoms with E-state index in [0.29, 0.717) is 19.6 Å². The summed E-state index contributed by atoms with van der Waals surface area (Å²) in [4.78, 5) is 29.4. The van der Waals surface area contributed by atoms with Crippen molar-refractivity contribution >= 4 is 17.5 Å². The summed E-state index contributed by atoms with van der Waals surface area (Å²) in [7, 11) is 0. The molecule has 1 aliphatic heterocycles. The van der Waals surface area contributed by atoms with Gasteiger partial charge in [-0.2, -0.15) is 0 Å². The van der Waals surface area contributed by atoms with Crippen LogP contribution in [0.2, 0.25) is 0 Å². The van der Waals surface area contributed by atoms with E-state index in [1.165, 1.54) is 5.56 Å². The maximum atomic E-state index is 13.4. The Morgan fingerprint density at radius 3 is 2.41 bits per heavy atom. The third-order valence-electron chi connectivity index (χ3n) is 5.29. The highest BCUT2D eigenvalue weighted by molar-refractivity contribution is 5.99. The Morgan fingerprint density at radius 2 is 1.72 bits per heavy atom. The molecule has 0 bridgehead atoms. The fourth-order valence-electron chi connectivity index (χ4n) is 3.76. The first-order valence-electron chi connectivity index (χ1n) is 9.91. The summed E-state index contributed by atoms with van der Waals surface area (Å²) in [6, 6.07) is 23.5. The van der Waals surface area contributed by atoms with Crippen molar-refractivity contribution in [2.24, 2.45) is 5.92 Å². The topological polar surface area (TPSA) is 53.8 Å². The Morgan fingerprint density at radius 1 is 1.00 bits per heavy atom. The maximum absolute atomic E-state index is 13.4. The minimum absolute atomic E-state index is 0.00225. The molecule has 0 unspecified atom stereocenters. The molecule has 1 aromatic heterocycles. The zero-order valence-electron chi connectivity index (χ0n) is 16.2. The second kappa shape index (κ2) is 8.78. The van der Waals surface area contributed by atoms with Crippen molar-refractivity contribution < 1.29 is 14.0 Å². The summed E-state index contributed by atoms with van der Waals surface area (Å²) in [5.74, 6) is 0.391. The molecule has 2 aromatic carbocycles. The zero-order valence-corrected chi connectivity index (χ0v) is 16.2. The smallest absolute Gasteiger partial charge is 0.232 e. The second-order valence-electron chi connectivity index (χ2n) is 7.32. The SMILES string of the molecule is O=C1C[C@H](C(=O)N(CCc2ccccc2)c2ccccc2)CN1Cc1ccco1. The first kappa shape index (κ1) is 19.0. The number of para-hydroxylation sites is 1. The average Bonchev–Trinajstić information content (AvgIpc) is 3.40. The van der Waals surface area contributed by atoms with Gasteiger partial charge in [0.1, 0.15) is 5.76 Å². The molecule has 2 amide bonds. The Bertz CT molecular complexity index is 939. The zero-order chi connectivity index (χ0) is 20.1. The lowest BCUT2D eigenvalue weighted by atomic mass is 10.1. The highest BCUT2D eigenvalue weighted by atomic mass is 16.3. The predicted molar refractivity (Wildman–Crippen MR) is 111 cm³/mol. The summed E-state index contributed by atoms with van der Waals surface area (Å²) in [5, 5.41) is 0. The summed E-state index contributed by atoms with van der Waals surface area (Å²) in [5.41, 5.74) is 2.05. The van der Waals surface area contributed by atoms with E-state index in [0.717, 1.165) is 17.9 Å². The van der Waals surface area contributed by atoms with E-state index in [1.54, 1.807) is 17.2 Å². The highest BCUT2D eigenvalue weighted by Crippen LogP contribution is 2.25. The standard InChI is InChI=1S/C24H24N2O3/c27-23-16-20(17-25(23)18-22-12-7-15-29-22)24(28)26(21-10-5-2-6-11-21)14-13-19-8-3-1-4-9-19/h1-12,15,20H,13-14,16-18H2/t20-/m0/s1. The van der Waals surface area contributed by atoms with Gasteiger partial charge in [-0.05, 0) is 36.2 Å². The second-order valence-corrected chi connectivity index (χ2v) is 7.32. The molecule has 1 atom stereocenters. The summed E-state index contributed by atoms with van der Waals surface area (Å²) >= 11 is 0. The van der Waals surface area contributed by atoms with Crippen LogP contribution >= 0.6 is 0 Å². The van der Waals surface area contributed by atoms with Gasteiger partial charge in [-0.3, -0.25) is 9.59 Å². The van der Waals surface area contributed by atoms with Crippen LogP contribution in [0.5, 0.6) is 0 Å². The number of carbonyl (C=O) groups excluding carboxylic acids is 2. The fraction of sp³-hybridized carbons (Fsp3) is 0.250. The van der Waals surface area contributed by atoms with Crippen molar-refractivity contribution in [3.8, 4) is 0 Å². The summed E-state index contributed by atoms with van der Waals surface area (Å²) in [6.07, 6.45) is 2.60. The molecular weight excluding hydrogens is 364 g/mol. The minimum Gasteiger partial charge on any atom is -0.467 e. The molecule has 0 radical (unpaired) electrons. The minimum atomic E-state index is -0.339. The number of amides is 2. The van der Waals surface area contributed by atoms with Gasteiger partial charge >= 0.3 is 0 Å². The lowest BCUT2D eigenvalue weighted by Crippen LogP contribution is -2.38. The largest absolute Gasteiger partial charge is 0.467 e. The summed E-state index contributed by atoms with van der Waals surface area (Å²) < 4.78 is 5.35. The number of likely N-dealkylation sites (tertiary alicyclic amines) is 1. The van der Waals surface area contributed by atoms with E-state index in [4.69, 9.17) is 4.42 Å².